The molecule has 1 fully saturated rings. The molecule has 1 amide bonds. The third-order valence-corrected chi connectivity index (χ3v) is 5.97. The number of ketones is 1. The zero-order chi connectivity index (χ0) is 22.4. The van der Waals surface area contributed by atoms with E-state index in [4.69, 9.17) is 9.47 Å². The van der Waals surface area contributed by atoms with Gasteiger partial charge < -0.3 is 14.4 Å². The van der Waals surface area contributed by atoms with Crippen molar-refractivity contribution in [2.75, 3.05) is 40.4 Å². The van der Waals surface area contributed by atoms with Crippen LogP contribution in [-0.2, 0) is 11.3 Å². The van der Waals surface area contributed by atoms with Crippen molar-refractivity contribution < 1.29 is 19.1 Å². The first kappa shape index (κ1) is 22.8. The van der Waals surface area contributed by atoms with Crippen LogP contribution in [0.1, 0.15) is 39.9 Å². The highest BCUT2D eigenvalue weighted by atomic mass is 16.5. The number of methoxy groups -OCH3 is 2. The molecule has 0 N–H and O–H groups in total. The number of rotatable bonds is 8. The molecule has 0 bridgehead atoms. The lowest BCUT2D eigenvalue weighted by molar-refractivity contribution is -0.132. The van der Waals surface area contributed by atoms with E-state index in [1.807, 2.05) is 55.1 Å². The molecule has 1 heterocycles. The fraction of sp³-hybridized carbons (Fsp3) is 0.440. The molecule has 2 aromatic carbocycles. The molecule has 6 heteroatoms. The topological polar surface area (TPSA) is 59.1 Å². The molecular formula is C25H32N2O4. The van der Waals surface area contributed by atoms with E-state index in [0.717, 1.165) is 42.3 Å². The van der Waals surface area contributed by atoms with Crippen LogP contribution in [0.5, 0.6) is 11.5 Å². The highest BCUT2D eigenvalue weighted by Crippen LogP contribution is 2.28. The van der Waals surface area contributed by atoms with Gasteiger partial charge in [-0.15, -0.1) is 0 Å². The van der Waals surface area contributed by atoms with Gasteiger partial charge in [0.15, 0.2) is 17.3 Å². The van der Waals surface area contributed by atoms with Crippen molar-refractivity contribution in [2.45, 2.75) is 33.2 Å². The van der Waals surface area contributed by atoms with E-state index in [9.17, 15) is 9.59 Å². The fourth-order valence-corrected chi connectivity index (χ4v) is 3.83. The van der Waals surface area contributed by atoms with E-state index >= 15 is 0 Å². The monoisotopic (exact) mass is 424 g/mol. The highest BCUT2D eigenvalue weighted by Gasteiger charge is 2.22. The second kappa shape index (κ2) is 10.4. The summed E-state index contributed by atoms with van der Waals surface area (Å²) in [4.78, 5) is 29.2. The first-order chi connectivity index (χ1) is 14.9. The smallest absolute Gasteiger partial charge is 0.223 e. The van der Waals surface area contributed by atoms with Crippen LogP contribution < -0.4 is 9.47 Å². The summed E-state index contributed by atoms with van der Waals surface area (Å²) in [5.41, 5.74) is 4.11. The number of carbonyl (C=O) groups excluding carboxylic acids is 2. The summed E-state index contributed by atoms with van der Waals surface area (Å²) in [5.74, 6) is 1.53. The fourth-order valence-electron chi connectivity index (χ4n) is 3.83. The summed E-state index contributed by atoms with van der Waals surface area (Å²) in [7, 11) is 3.26. The van der Waals surface area contributed by atoms with Crippen molar-refractivity contribution in [3.05, 3.63) is 58.7 Å². The second-order valence-corrected chi connectivity index (χ2v) is 8.07. The normalized spacial score (nSPS) is 14.4. The van der Waals surface area contributed by atoms with Crippen molar-refractivity contribution in [2.24, 2.45) is 0 Å². The van der Waals surface area contributed by atoms with Crippen LogP contribution in [0, 0.1) is 13.8 Å². The molecule has 3 rings (SSSR count). The molecule has 0 unspecified atom stereocenters. The molecule has 0 saturated carbocycles. The average molecular weight is 425 g/mol. The summed E-state index contributed by atoms with van der Waals surface area (Å²) in [6, 6.07) is 11.7. The van der Waals surface area contributed by atoms with Crippen LogP contribution in [0.25, 0.3) is 0 Å². The lowest BCUT2D eigenvalue weighted by Crippen LogP contribution is -2.48. The van der Waals surface area contributed by atoms with Gasteiger partial charge in [0.2, 0.25) is 5.91 Å². The number of ether oxygens (including phenoxy) is 2. The number of carbonyl (C=O) groups is 2. The molecular weight excluding hydrogens is 392 g/mol. The summed E-state index contributed by atoms with van der Waals surface area (Å²) < 4.78 is 10.7. The van der Waals surface area contributed by atoms with E-state index in [-0.39, 0.29) is 24.5 Å². The number of Topliss-reactive ketones (excluding diaryl/α,β-unsaturated/α-hetero) is 1. The molecule has 1 aliphatic heterocycles. The van der Waals surface area contributed by atoms with Crippen LogP contribution >= 0.6 is 0 Å². The number of amides is 1. The molecule has 0 spiro atoms. The third-order valence-electron chi connectivity index (χ3n) is 5.97. The van der Waals surface area contributed by atoms with E-state index in [2.05, 4.69) is 4.90 Å². The Balaban J connectivity index is 1.46. The number of nitrogens with zero attached hydrogens (tertiary/aromatic N) is 2. The van der Waals surface area contributed by atoms with Gasteiger partial charge in [-0.2, -0.15) is 0 Å². The lowest BCUT2D eigenvalue weighted by atomic mass is 10.0. The largest absolute Gasteiger partial charge is 0.493 e. The average Bonchev–Trinajstić information content (AvgIpc) is 2.79. The number of hydrogen-bond acceptors (Lipinski definition) is 5. The van der Waals surface area contributed by atoms with Gasteiger partial charge in [-0.05, 0) is 48.7 Å². The molecule has 0 aromatic heterocycles. The summed E-state index contributed by atoms with van der Waals surface area (Å²) >= 11 is 0. The van der Waals surface area contributed by atoms with E-state index < -0.39 is 0 Å². The Bertz CT molecular complexity index is 933. The maximum atomic E-state index is 12.6. The predicted octanol–water partition coefficient (Wildman–Crippen LogP) is 3.63. The molecule has 0 aliphatic carbocycles. The van der Waals surface area contributed by atoms with Crippen molar-refractivity contribution >= 4 is 11.7 Å². The second-order valence-electron chi connectivity index (χ2n) is 8.07. The van der Waals surface area contributed by atoms with Gasteiger partial charge in [0.1, 0.15) is 0 Å². The molecule has 0 atom stereocenters. The number of hydrogen-bond donors (Lipinski definition) is 0. The minimum atomic E-state index is 0.0311. The quantitative estimate of drug-likeness (QED) is 0.606. The lowest BCUT2D eigenvalue weighted by Gasteiger charge is -2.35. The SMILES string of the molecule is COc1ccc(CN2CCN(C(=O)CCC(=O)c3ccc(C)c(C)c3)CC2)cc1OC. The van der Waals surface area contributed by atoms with Gasteiger partial charge in [0.25, 0.3) is 0 Å². The molecule has 1 aliphatic rings. The number of aryl methyl sites for hydroxylation is 2. The van der Waals surface area contributed by atoms with Gasteiger partial charge in [0.05, 0.1) is 14.2 Å². The zero-order valence-corrected chi connectivity index (χ0v) is 18.9. The molecule has 1 saturated heterocycles. The number of piperazine rings is 1. The van der Waals surface area contributed by atoms with Crippen LogP contribution in [0.4, 0.5) is 0 Å². The van der Waals surface area contributed by atoms with Crippen LogP contribution in [0.2, 0.25) is 0 Å². The van der Waals surface area contributed by atoms with Crippen molar-refractivity contribution in [3.8, 4) is 11.5 Å². The summed E-state index contributed by atoms with van der Waals surface area (Å²) in [6.07, 6.45) is 0.522. The molecule has 0 radical (unpaired) electrons. The third kappa shape index (κ3) is 5.85. The van der Waals surface area contributed by atoms with Gasteiger partial charge in [-0.1, -0.05) is 18.2 Å². The highest BCUT2D eigenvalue weighted by molar-refractivity contribution is 5.98. The Morgan fingerprint density at radius 2 is 1.55 bits per heavy atom. The number of benzene rings is 2. The first-order valence-electron chi connectivity index (χ1n) is 10.7. The summed E-state index contributed by atoms with van der Waals surface area (Å²) in [5, 5.41) is 0. The van der Waals surface area contributed by atoms with Gasteiger partial charge in [-0.25, -0.2) is 0 Å². The van der Waals surface area contributed by atoms with E-state index in [0.29, 0.717) is 18.7 Å². The minimum Gasteiger partial charge on any atom is -0.493 e. The van der Waals surface area contributed by atoms with Crippen molar-refractivity contribution in [3.63, 3.8) is 0 Å². The van der Waals surface area contributed by atoms with E-state index in [1.54, 1.807) is 14.2 Å². The maximum Gasteiger partial charge on any atom is 0.223 e. The predicted molar refractivity (Wildman–Crippen MR) is 121 cm³/mol. The van der Waals surface area contributed by atoms with Crippen LogP contribution in [0.3, 0.4) is 0 Å². The van der Waals surface area contributed by atoms with Crippen molar-refractivity contribution in [1.29, 1.82) is 0 Å². The Morgan fingerprint density at radius 1 is 0.839 bits per heavy atom. The Morgan fingerprint density at radius 3 is 2.19 bits per heavy atom. The molecule has 6 nitrogen and oxygen atoms in total. The van der Waals surface area contributed by atoms with E-state index in [1.165, 1.54) is 5.56 Å². The zero-order valence-electron chi connectivity index (χ0n) is 18.9. The Hall–Kier alpha value is -2.86. The summed E-state index contributed by atoms with van der Waals surface area (Å²) in [6.45, 7) is 7.81. The Labute approximate surface area is 184 Å². The van der Waals surface area contributed by atoms with Crippen LogP contribution in [-0.4, -0.2) is 61.9 Å². The molecule has 2 aromatic rings. The Kier molecular flexibility index (Phi) is 7.69. The standard InChI is InChI=1S/C25H32N2O4/c1-18-5-7-21(15-19(18)2)22(28)8-10-25(29)27-13-11-26(12-14-27)17-20-6-9-23(30-3)24(16-20)31-4/h5-7,9,15-16H,8,10-14,17H2,1-4H3. The maximum absolute atomic E-state index is 12.6. The first-order valence-corrected chi connectivity index (χ1v) is 10.7. The van der Waals surface area contributed by atoms with Gasteiger partial charge in [0, 0.05) is 51.1 Å². The minimum absolute atomic E-state index is 0.0311. The van der Waals surface area contributed by atoms with Gasteiger partial charge in [-0.3, -0.25) is 14.5 Å². The van der Waals surface area contributed by atoms with Gasteiger partial charge >= 0.3 is 0 Å². The van der Waals surface area contributed by atoms with Crippen molar-refractivity contribution in [1.82, 2.24) is 9.80 Å². The molecule has 31 heavy (non-hydrogen) atoms. The molecule has 166 valence electrons. The van der Waals surface area contributed by atoms with Crippen LogP contribution in [0.15, 0.2) is 36.4 Å².